The van der Waals surface area contributed by atoms with E-state index in [1.54, 1.807) is 13.8 Å². The molecular weight excluding hydrogens is 200 g/mol. The highest BCUT2D eigenvalue weighted by molar-refractivity contribution is 5.61. The first-order valence-corrected chi connectivity index (χ1v) is 5.50. The lowest BCUT2D eigenvalue weighted by Crippen LogP contribution is -2.29. The Morgan fingerprint density at radius 3 is 1.88 bits per heavy atom. The van der Waals surface area contributed by atoms with Gasteiger partial charge in [0.05, 0.1) is 0 Å². The van der Waals surface area contributed by atoms with Crippen LogP contribution in [-0.4, -0.2) is 11.9 Å². The van der Waals surface area contributed by atoms with Gasteiger partial charge in [0.2, 0.25) is 0 Å². The Labute approximate surface area is 97.6 Å². The van der Waals surface area contributed by atoms with Gasteiger partial charge in [0, 0.05) is 0 Å². The van der Waals surface area contributed by atoms with Crippen molar-refractivity contribution in [2.75, 3.05) is 0 Å². The van der Waals surface area contributed by atoms with E-state index in [0.717, 1.165) is 12.0 Å². The normalized spacial score (nSPS) is 12.3. The van der Waals surface area contributed by atoms with Crippen molar-refractivity contribution >= 4 is 6.29 Å². The zero-order chi connectivity index (χ0) is 12.4. The fourth-order valence-corrected chi connectivity index (χ4v) is 1.35. The number of hydrogen-bond acceptors (Lipinski definition) is 2. The van der Waals surface area contributed by atoms with E-state index in [2.05, 4.69) is 20.8 Å². The zero-order valence-corrected chi connectivity index (χ0v) is 10.7. The predicted octanol–water partition coefficient (Wildman–Crippen LogP) is 3.34. The van der Waals surface area contributed by atoms with Gasteiger partial charge in [-0.1, -0.05) is 32.9 Å². The Kier molecular flexibility index (Phi) is 3.41. The molecular formula is C14H20O2. The minimum atomic E-state index is -0.761. The van der Waals surface area contributed by atoms with Gasteiger partial charge in [0.1, 0.15) is 5.75 Å². The van der Waals surface area contributed by atoms with Crippen LogP contribution >= 0.6 is 0 Å². The van der Waals surface area contributed by atoms with E-state index in [9.17, 15) is 4.79 Å². The molecule has 1 rings (SSSR count). The van der Waals surface area contributed by atoms with Crippen molar-refractivity contribution in [1.82, 2.24) is 0 Å². The fraction of sp³-hybridized carbons (Fsp3) is 0.500. The van der Waals surface area contributed by atoms with Crippen molar-refractivity contribution in [2.24, 2.45) is 0 Å². The summed E-state index contributed by atoms with van der Waals surface area (Å²) in [6.07, 6.45) is 0.810. The average Bonchev–Trinajstić information content (AvgIpc) is 2.16. The number of ether oxygens (including phenoxy) is 1. The highest BCUT2D eigenvalue weighted by atomic mass is 16.5. The third-order valence-corrected chi connectivity index (χ3v) is 2.39. The first-order valence-electron chi connectivity index (χ1n) is 5.50. The molecule has 0 aromatic heterocycles. The van der Waals surface area contributed by atoms with Crippen molar-refractivity contribution in [3.05, 3.63) is 29.8 Å². The molecule has 0 aliphatic carbocycles. The van der Waals surface area contributed by atoms with Crippen LogP contribution in [0.5, 0.6) is 5.75 Å². The van der Waals surface area contributed by atoms with Crippen LogP contribution in [0.3, 0.4) is 0 Å². The lowest BCUT2D eigenvalue weighted by atomic mass is 9.87. The molecule has 2 nitrogen and oxygen atoms in total. The Balaban J connectivity index is 2.84. The summed E-state index contributed by atoms with van der Waals surface area (Å²) in [5.74, 6) is 0.727. The Morgan fingerprint density at radius 2 is 1.50 bits per heavy atom. The topological polar surface area (TPSA) is 26.3 Å². The molecule has 0 saturated heterocycles. The Bertz CT molecular complexity index is 355. The predicted molar refractivity (Wildman–Crippen MR) is 65.9 cm³/mol. The average molecular weight is 220 g/mol. The maximum Gasteiger partial charge on any atom is 0.162 e. The van der Waals surface area contributed by atoms with E-state index < -0.39 is 5.60 Å². The van der Waals surface area contributed by atoms with Crippen LogP contribution in [0.15, 0.2) is 24.3 Å². The van der Waals surface area contributed by atoms with Crippen LogP contribution in [0, 0.1) is 0 Å². The largest absolute Gasteiger partial charge is 0.480 e. The second kappa shape index (κ2) is 4.28. The van der Waals surface area contributed by atoms with E-state index in [4.69, 9.17) is 4.74 Å². The molecule has 0 aliphatic rings. The standard InChI is InChI=1S/C14H20O2/c1-13(2,3)11-6-8-12(9-7-11)16-14(4,5)10-15/h6-10H,1-5H3. The van der Waals surface area contributed by atoms with Crippen LogP contribution in [0.1, 0.15) is 40.2 Å². The minimum Gasteiger partial charge on any atom is -0.480 e. The van der Waals surface area contributed by atoms with Crippen molar-refractivity contribution in [3.8, 4) is 5.75 Å². The Hall–Kier alpha value is -1.31. The molecule has 1 aromatic rings. The SMILES string of the molecule is CC(C)(C=O)Oc1ccc(C(C)(C)C)cc1. The molecule has 0 atom stereocenters. The molecule has 0 N–H and O–H groups in total. The van der Waals surface area contributed by atoms with Crippen molar-refractivity contribution in [1.29, 1.82) is 0 Å². The van der Waals surface area contributed by atoms with Crippen LogP contribution in [0.2, 0.25) is 0 Å². The highest BCUT2D eigenvalue weighted by Gasteiger charge is 2.19. The van der Waals surface area contributed by atoms with Gasteiger partial charge in [-0.3, -0.25) is 4.79 Å². The molecule has 1 aromatic carbocycles. The quantitative estimate of drug-likeness (QED) is 0.730. The summed E-state index contributed by atoms with van der Waals surface area (Å²) in [6, 6.07) is 7.89. The molecule has 88 valence electrons. The van der Waals surface area contributed by atoms with Crippen LogP contribution in [0.25, 0.3) is 0 Å². The number of carbonyl (C=O) groups is 1. The summed E-state index contributed by atoms with van der Waals surface area (Å²) in [4.78, 5) is 10.7. The molecule has 2 heteroatoms. The number of hydrogen-bond donors (Lipinski definition) is 0. The molecule has 0 saturated carbocycles. The van der Waals surface area contributed by atoms with E-state index in [1.165, 1.54) is 5.56 Å². The van der Waals surface area contributed by atoms with Gasteiger partial charge in [-0.05, 0) is 37.0 Å². The summed E-state index contributed by atoms with van der Waals surface area (Å²) in [5, 5.41) is 0. The van der Waals surface area contributed by atoms with E-state index >= 15 is 0 Å². The summed E-state index contributed by atoms with van der Waals surface area (Å²) in [6.45, 7) is 9.99. The molecule has 0 spiro atoms. The van der Waals surface area contributed by atoms with Crippen LogP contribution in [-0.2, 0) is 10.2 Å². The van der Waals surface area contributed by atoms with Crippen LogP contribution in [0.4, 0.5) is 0 Å². The van der Waals surface area contributed by atoms with Gasteiger partial charge in [0.15, 0.2) is 11.9 Å². The molecule has 0 aliphatic heterocycles. The second-order valence-corrected chi connectivity index (χ2v) is 5.60. The molecule has 0 radical (unpaired) electrons. The number of rotatable bonds is 3. The van der Waals surface area contributed by atoms with Gasteiger partial charge >= 0.3 is 0 Å². The van der Waals surface area contributed by atoms with E-state index in [1.807, 2.05) is 24.3 Å². The molecule has 0 unspecified atom stereocenters. The first-order chi connectivity index (χ1) is 7.24. The minimum absolute atomic E-state index is 0.138. The third kappa shape index (κ3) is 3.37. The second-order valence-electron chi connectivity index (χ2n) is 5.60. The van der Waals surface area contributed by atoms with Gasteiger partial charge in [-0.15, -0.1) is 0 Å². The summed E-state index contributed by atoms with van der Waals surface area (Å²) in [5.41, 5.74) is 0.630. The molecule has 0 amide bonds. The summed E-state index contributed by atoms with van der Waals surface area (Å²) in [7, 11) is 0. The maximum atomic E-state index is 10.7. The molecule has 16 heavy (non-hydrogen) atoms. The lowest BCUT2D eigenvalue weighted by Gasteiger charge is -2.22. The molecule has 0 fully saturated rings. The summed E-state index contributed by atoms with van der Waals surface area (Å²) < 4.78 is 5.55. The van der Waals surface area contributed by atoms with Crippen molar-refractivity contribution < 1.29 is 9.53 Å². The number of carbonyl (C=O) groups excluding carboxylic acids is 1. The van der Waals surface area contributed by atoms with E-state index in [-0.39, 0.29) is 5.41 Å². The van der Waals surface area contributed by atoms with E-state index in [0.29, 0.717) is 0 Å². The first kappa shape index (κ1) is 12.8. The summed E-state index contributed by atoms with van der Waals surface area (Å²) >= 11 is 0. The van der Waals surface area contributed by atoms with Gasteiger partial charge in [-0.25, -0.2) is 0 Å². The van der Waals surface area contributed by atoms with Crippen LogP contribution < -0.4 is 4.74 Å². The monoisotopic (exact) mass is 220 g/mol. The van der Waals surface area contributed by atoms with Gasteiger partial charge < -0.3 is 4.74 Å². The zero-order valence-electron chi connectivity index (χ0n) is 10.7. The lowest BCUT2D eigenvalue weighted by molar-refractivity contribution is -0.118. The smallest absolute Gasteiger partial charge is 0.162 e. The maximum absolute atomic E-state index is 10.7. The molecule has 0 bridgehead atoms. The fourth-order valence-electron chi connectivity index (χ4n) is 1.35. The van der Waals surface area contributed by atoms with Gasteiger partial charge in [-0.2, -0.15) is 0 Å². The van der Waals surface area contributed by atoms with Crippen molar-refractivity contribution in [2.45, 2.75) is 45.6 Å². The number of benzene rings is 1. The highest BCUT2D eigenvalue weighted by Crippen LogP contribution is 2.25. The molecule has 0 heterocycles. The van der Waals surface area contributed by atoms with Crippen molar-refractivity contribution in [3.63, 3.8) is 0 Å². The Morgan fingerprint density at radius 1 is 1.00 bits per heavy atom. The third-order valence-electron chi connectivity index (χ3n) is 2.39. The number of aldehydes is 1. The van der Waals surface area contributed by atoms with Gasteiger partial charge in [0.25, 0.3) is 0 Å².